The summed E-state index contributed by atoms with van der Waals surface area (Å²) in [6.45, 7) is 6.84. The quantitative estimate of drug-likeness (QED) is 0.434. The molecule has 3 rings (SSSR count). The molecule has 0 spiro atoms. The number of rotatable bonds is 5. The molecule has 2 aromatic carbocycles. The lowest BCUT2D eigenvalue weighted by atomic mass is 10.2. The summed E-state index contributed by atoms with van der Waals surface area (Å²) >= 11 is 12.4. The first-order valence-electron chi connectivity index (χ1n) is 8.42. The molecular formula is C21H21Cl2N3. The number of hydrazone groups is 1. The number of nitrogens with zero attached hydrogens (tertiary/aromatic N) is 2. The molecule has 1 heterocycles. The summed E-state index contributed by atoms with van der Waals surface area (Å²) in [5.74, 6) is 0. The van der Waals surface area contributed by atoms with Gasteiger partial charge in [-0.2, -0.15) is 5.10 Å². The predicted octanol–water partition coefficient (Wildman–Crippen LogP) is 5.83. The molecule has 0 atom stereocenters. The Balaban J connectivity index is 1.80. The van der Waals surface area contributed by atoms with E-state index >= 15 is 0 Å². The Morgan fingerprint density at radius 1 is 1.04 bits per heavy atom. The van der Waals surface area contributed by atoms with E-state index in [0.717, 1.165) is 38.2 Å². The Hall–Kier alpha value is -2.23. The molecule has 0 bridgehead atoms. The smallest absolute Gasteiger partial charge is 0.0594 e. The number of hydrogen-bond donors (Lipinski definition) is 1. The SMILES string of the molecule is Cc1ccc(Cl)cc1-n1c(C)cc(/C=N\NCc2ccccc2Cl)c1C. The van der Waals surface area contributed by atoms with E-state index in [-0.39, 0.29) is 0 Å². The first-order chi connectivity index (χ1) is 12.5. The number of aryl methyl sites for hydroxylation is 2. The molecule has 0 amide bonds. The van der Waals surface area contributed by atoms with Crippen molar-refractivity contribution in [3.8, 4) is 5.69 Å². The maximum absolute atomic E-state index is 6.19. The van der Waals surface area contributed by atoms with Crippen LogP contribution in [0.2, 0.25) is 10.0 Å². The third kappa shape index (κ3) is 3.95. The fourth-order valence-corrected chi connectivity index (χ4v) is 3.37. The van der Waals surface area contributed by atoms with Gasteiger partial charge in [0.2, 0.25) is 0 Å². The average Bonchev–Trinajstić information content (AvgIpc) is 2.89. The Labute approximate surface area is 164 Å². The molecule has 5 heteroatoms. The van der Waals surface area contributed by atoms with E-state index < -0.39 is 0 Å². The normalized spacial score (nSPS) is 11.3. The molecule has 0 saturated heterocycles. The van der Waals surface area contributed by atoms with Crippen LogP contribution in [0.1, 0.15) is 28.1 Å². The number of benzene rings is 2. The minimum Gasteiger partial charge on any atom is -0.318 e. The van der Waals surface area contributed by atoms with Gasteiger partial charge in [0.25, 0.3) is 0 Å². The van der Waals surface area contributed by atoms with Gasteiger partial charge in [-0.05, 0) is 56.2 Å². The molecule has 3 nitrogen and oxygen atoms in total. The van der Waals surface area contributed by atoms with Gasteiger partial charge in [0, 0.05) is 32.7 Å². The predicted molar refractivity (Wildman–Crippen MR) is 111 cm³/mol. The maximum Gasteiger partial charge on any atom is 0.0594 e. The highest BCUT2D eigenvalue weighted by Crippen LogP contribution is 2.25. The molecular weight excluding hydrogens is 365 g/mol. The summed E-state index contributed by atoms with van der Waals surface area (Å²) < 4.78 is 2.20. The van der Waals surface area contributed by atoms with Gasteiger partial charge in [0.15, 0.2) is 0 Å². The average molecular weight is 386 g/mol. The van der Waals surface area contributed by atoms with Crippen molar-refractivity contribution in [2.45, 2.75) is 27.3 Å². The summed E-state index contributed by atoms with van der Waals surface area (Å²) in [5.41, 5.74) is 9.68. The van der Waals surface area contributed by atoms with Crippen LogP contribution in [0.15, 0.2) is 53.6 Å². The third-order valence-electron chi connectivity index (χ3n) is 4.40. The minimum absolute atomic E-state index is 0.586. The molecule has 134 valence electrons. The van der Waals surface area contributed by atoms with Gasteiger partial charge in [-0.25, -0.2) is 0 Å². The summed E-state index contributed by atoms with van der Waals surface area (Å²) in [4.78, 5) is 0. The van der Waals surface area contributed by atoms with Crippen molar-refractivity contribution in [2.75, 3.05) is 0 Å². The van der Waals surface area contributed by atoms with Gasteiger partial charge in [0.1, 0.15) is 0 Å². The lowest BCUT2D eigenvalue weighted by molar-refractivity contribution is 0.748. The molecule has 0 fully saturated rings. The van der Waals surface area contributed by atoms with Gasteiger partial charge in [-0.3, -0.25) is 0 Å². The van der Waals surface area contributed by atoms with Crippen LogP contribution in [-0.4, -0.2) is 10.8 Å². The van der Waals surface area contributed by atoms with Crippen LogP contribution in [0.3, 0.4) is 0 Å². The van der Waals surface area contributed by atoms with Crippen molar-refractivity contribution in [3.05, 3.63) is 86.7 Å². The number of aromatic nitrogens is 1. The minimum atomic E-state index is 0.586. The van der Waals surface area contributed by atoms with Gasteiger partial charge in [0.05, 0.1) is 12.8 Å². The molecule has 1 N–H and O–H groups in total. The first-order valence-corrected chi connectivity index (χ1v) is 9.18. The highest BCUT2D eigenvalue weighted by atomic mass is 35.5. The highest BCUT2D eigenvalue weighted by molar-refractivity contribution is 6.31. The van der Waals surface area contributed by atoms with E-state index in [1.807, 2.05) is 48.7 Å². The Morgan fingerprint density at radius 3 is 2.58 bits per heavy atom. The first kappa shape index (κ1) is 18.6. The van der Waals surface area contributed by atoms with Crippen molar-refractivity contribution in [1.29, 1.82) is 0 Å². The monoisotopic (exact) mass is 385 g/mol. The number of hydrogen-bond acceptors (Lipinski definition) is 2. The summed E-state index contributed by atoms with van der Waals surface area (Å²) in [5, 5.41) is 5.83. The van der Waals surface area contributed by atoms with E-state index in [1.54, 1.807) is 0 Å². The lowest BCUT2D eigenvalue weighted by Gasteiger charge is -2.13. The van der Waals surface area contributed by atoms with Crippen molar-refractivity contribution in [1.82, 2.24) is 9.99 Å². The topological polar surface area (TPSA) is 29.3 Å². The second-order valence-electron chi connectivity index (χ2n) is 6.28. The molecule has 0 aliphatic heterocycles. The van der Waals surface area contributed by atoms with Crippen LogP contribution in [0.5, 0.6) is 0 Å². The fraction of sp³-hybridized carbons (Fsp3) is 0.190. The van der Waals surface area contributed by atoms with Gasteiger partial charge >= 0.3 is 0 Å². The van der Waals surface area contributed by atoms with E-state index in [4.69, 9.17) is 23.2 Å². The van der Waals surface area contributed by atoms with E-state index in [1.165, 1.54) is 5.56 Å². The molecule has 0 saturated carbocycles. The van der Waals surface area contributed by atoms with Crippen molar-refractivity contribution >= 4 is 29.4 Å². The van der Waals surface area contributed by atoms with Gasteiger partial charge in [-0.1, -0.05) is 47.5 Å². The zero-order valence-electron chi connectivity index (χ0n) is 15.1. The van der Waals surface area contributed by atoms with Crippen LogP contribution in [0.25, 0.3) is 5.69 Å². The largest absolute Gasteiger partial charge is 0.318 e. The van der Waals surface area contributed by atoms with Crippen LogP contribution < -0.4 is 5.43 Å². The molecule has 0 radical (unpaired) electrons. The second-order valence-corrected chi connectivity index (χ2v) is 7.12. The maximum atomic E-state index is 6.19. The van der Waals surface area contributed by atoms with E-state index in [9.17, 15) is 0 Å². The Kier molecular flexibility index (Phi) is 5.70. The zero-order chi connectivity index (χ0) is 18.7. The standard InChI is InChI=1S/C21H21Cl2N3/c1-14-8-9-19(22)11-21(14)26-15(2)10-18(16(26)3)13-25-24-12-17-6-4-5-7-20(17)23/h4-11,13,24H,12H2,1-3H3/b25-13-. The molecule has 3 aromatic rings. The van der Waals surface area contributed by atoms with Crippen LogP contribution in [-0.2, 0) is 6.54 Å². The molecule has 0 unspecified atom stereocenters. The number of nitrogens with one attached hydrogen (secondary N) is 1. The zero-order valence-corrected chi connectivity index (χ0v) is 16.6. The van der Waals surface area contributed by atoms with E-state index in [0.29, 0.717) is 6.54 Å². The lowest BCUT2D eigenvalue weighted by Crippen LogP contribution is -2.06. The van der Waals surface area contributed by atoms with Crippen LogP contribution >= 0.6 is 23.2 Å². The van der Waals surface area contributed by atoms with Gasteiger partial charge in [-0.15, -0.1) is 0 Å². The van der Waals surface area contributed by atoms with Crippen molar-refractivity contribution in [2.24, 2.45) is 5.10 Å². The third-order valence-corrected chi connectivity index (χ3v) is 5.01. The fourth-order valence-electron chi connectivity index (χ4n) is 3.00. The second kappa shape index (κ2) is 7.98. The van der Waals surface area contributed by atoms with Crippen LogP contribution in [0, 0.1) is 20.8 Å². The number of halogens is 2. The van der Waals surface area contributed by atoms with E-state index in [2.05, 4.69) is 41.9 Å². The van der Waals surface area contributed by atoms with Crippen LogP contribution in [0.4, 0.5) is 0 Å². The van der Waals surface area contributed by atoms with Crippen molar-refractivity contribution in [3.63, 3.8) is 0 Å². The Morgan fingerprint density at radius 2 is 1.81 bits per heavy atom. The summed E-state index contributed by atoms with van der Waals surface area (Å²) in [6.07, 6.45) is 1.84. The molecule has 1 aromatic heterocycles. The highest BCUT2D eigenvalue weighted by Gasteiger charge is 2.11. The summed E-state index contributed by atoms with van der Waals surface area (Å²) in [6, 6.07) is 15.8. The molecule has 26 heavy (non-hydrogen) atoms. The molecule has 0 aliphatic carbocycles. The molecule has 0 aliphatic rings. The summed E-state index contributed by atoms with van der Waals surface area (Å²) in [7, 11) is 0. The van der Waals surface area contributed by atoms with Gasteiger partial charge < -0.3 is 9.99 Å². The Bertz CT molecular complexity index is 958. The van der Waals surface area contributed by atoms with Crippen molar-refractivity contribution < 1.29 is 0 Å².